The molecule has 2 N–H and O–H groups in total. The number of fused-ring (bicyclic) bond motifs is 1. The summed E-state index contributed by atoms with van der Waals surface area (Å²) < 4.78 is 14.1. The highest BCUT2D eigenvalue weighted by Gasteiger charge is 2.35. The zero-order chi connectivity index (χ0) is 15.0. The number of carbonyl (C=O) groups is 2. The van der Waals surface area contributed by atoms with E-state index in [1.54, 1.807) is 4.90 Å². The molecule has 21 heavy (non-hydrogen) atoms. The maximum Gasteiger partial charge on any atom is 0.337 e. The Hall–Kier alpha value is -2.11. The van der Waals surface area contributed by atoms with E-state index >= 15 is 0 Å². The third kappa shape index (κ3) is 2.57. The molecule has 0 saturated carbocycles. The third-order valence-corrected chi connectivity index (χ3v) is 4.36. The van der Waals surface area contributed by atoms with Crippen molar-refractivity contribution in [2.45, 2.75) is 25.3 Å². The van der Waals surface area contributed by atoms with Crippen LogP contribution < -0.4 is 10.2 Å². The number of rotatable bonds is 2. The van der Waals surface area contributed by atoms with Gasteiger partial charge in [0.25, 0.3) is 0 Å². The standard InChI is InChI=1S/C15H17FN2O3/c16-11-3-1-2-10(15(20)21)14(11)18-7-6-12-9(8-18)4-5-13(19)17-12/h1-3,9,12H,4-8H2,(H,17,19)(H,20,21). The van der Waals surface area contributed by atoms with Crippen molar-refractivity contribution in [2.24, 2.45) is 5.92 Å². The molecule has 0 aliphatic carbocycles. The van der Waals surface area contributed by atoms with E-state index in [0.29, 0.717) is 25.9 Å². The van der Waals surface area contributed by atoms with Crippen LogP contribution in [0.5, 0.6) is 0 Å². The maximum absolute atomic E-state index is 14.1. The maximum atomic E-state index is 14.1. The van der Waals surface area contributed by atoms with Crippen molar-refractivity contribution in [2.75, 3.05) is 18.0 Å². The van der Waals surface area contributed by atoms with Gasteiger partial charge in [-0.15, -0.1) is 0 Å². The van der Waals surface area contributed by atoms with Gasteiger partial charge in [-0.2, -0.15) is 0 Å². The normalized spacial score (nSPS) is 25.2. The number of piperidine rings is 2. The van der Waals surface area contributed by atoms with E-state index in [1.165, 1.54) is 18.2 Å². The van der Waals surface area contributed by atoms with Crippen LogP contribution >= 0.6 is 0 Å². The Morgan fingerprint density at radius 2 is 2.19 bits per heavy atom. The minimum Gasteiger partial charge on any atom is -0.478 e. The number of benzene rings is 1. The molecule has 1 aromatic carbocycles. The molecule has 0 aromatic heterocycles. The Bertz CT molecular complexity index is 590. The van der Waals surface area contributed by atoms with Crippen LogP contribution in [0.15, 0.2) is 18.2 Å². The molecule has 2 unspecified atom stereocenters. The van der Waals surface area contributed by atoms with E-state index < -0.39 is 11.8 Å². The minimum atomic E-state index is -1.12. The Morgan fingerprint density at radius 1 is 1.38 bits per heavy atom. The first-order chi connectivity index (χ1) is 10.1. The summed E-state index contributed by atoms with van der Waals surface area (Å²) in [5.41, 5.74) is 0.161. The third-order valence-electron chi connectivity index (χ3n) is 4.36. The van der Waals surface area contributed by atoms with E-state index in [0.717, 1.165) is 6.42 Å². The van der Waals surface area contributed by atoms with Crippen molar-refractivity contribution < 1.29 is 19.1 Å². The van der Waals surface area contributed by atoms with Gasteiger partial charge in [-0.1, -0.05) is 6.07 Å². The van der Waals surface area contributed by atoms with Gasteiger partial charge in [0.2, 0.25) is 5.91 Å². The lowest BCUT2D eigenvalue weighted by atomic mass is 9.85. The van der Waals surface area contributed by atoms with Gasteiger partial charge in [0.15, 0.2) is 0 Å². The molecule has 3 rings (SSSR count). The van der Waals surface area contributed by atoms with E-state index in [2.05, 4.69) is 5.32 Å². The van der Waals surface area contributed by atoms with E-state index in [4.69, 9.17) is 0 Å². The summed E-state index contributed by atoms with van der Waals surface area (Å²) in [5.74, 6) is -1.31. The van der Waals surface area contributed by atoms with E-state index in [-0.39, 0.29) is 29.1 Å². The van der Waals surface area contributed by atoms with Crippen LogP contribution in [0, 0.1) is 11.7 Å². The number of carboxylic acid groups (broad SMARTS) is 1. The molecule has 2 saturated heterocycles. The largest absolute Gasteiger partial charge is 0.478 e. The number of hydrogen-bond acceptors (Lipinski definition) is 3. The molecule has 2 fully saturated rings. The van der Waals surface area contributed by atoms with Gasteiger partial charge >= 0.3 is 5.97 Å². The van der Waals surface area contributed by atoms with E-state index in [1.807, 2.05) is 0 Å². The lowest BCUT2D eigenvalue weighted by Gasteiger charge is -2.42. The number of carboxylic acids is 1. The molecule has 112 valence electrons. The van der Waals surface area contributed by atoms with Gasteiger partial charge in [-0.25, -0.2) is 9.18 Å². The molecule has 2 heterocycles. The van der Waals surface area contributed by atoms with Crippen LogP contribution in [0.4, 0.5) is 10.1 Å². The molecule has 0 spiro atoms. The van der Waals surface area contributed by atoms with Crippen molar-refractivity contribution in [3.05, 3.63) is 29.6 Å². The Kier molecular flexibility index (Phi) is 3.53. The molecule has 0 radical (unpaired) electrons. The number of carbonyl (C=O) groups excluding carboxylic acids is 1. The number of nitrogens with one attached hydrogen (secondary N) is 1. The minimum absolute atomic E-state index is 0.00621. The van der Waals surface area contributed by atoms with E-state index in [9.17, 15) is 19.1 Å². The second-order valence-electron chi connectivity index (χ2n) is 5.65. The molecule has 2 aliphatic heterocycles. The Morgan fingerprint density at radius 3 is 2.95 bits per heavy atom. The lowest BCUT2D eigenvalue weighted by Crippen LogP contribution is -2.54. The highest BCUT2D eigenvalue weighted by atomic mass is 19.1. The predicted octanol–water partition coefficient (Wildman–Crippen LogP) is 1.63. The van der Waals surface area contributed by atoms with Gasteiger partial charge in [0.05, 0.1) is 11.3 Å². The topological polar surface area (TPSA) is 69.6 Å². The van der Waals surface area contributed by atoms with Crippen LogP contribution in [0.3, 0.4) is 0 Å². The fourth-order valence-electron chi connectivity index (χ4n) is 3.32. The zero-order valence-corrected chi connectivity index (χ0v) is 11.5. The highest BCUT2D eigenvalue weighted by Crippen LogP contribution is 2.32. The first-order valence-electron chi connectivity index (χ1n) is 7.12. The average molecular weight is 292 g/mol. The summed E-state index contributed by atoms with van der Waals surface area (Å²) >= 11 is 0. The molecule has 2 aliphatic rings. The van der Waals surface area contributed by atoms with Crippen LogP contribution in [0.2, 0.25) is 0 Å². The molecule has 1 aromatic rings. The molecule has 2 atom stereocenters. The number of halogens is 1. The zero-order valence-electron chi connectivity index (χ0n) is 11.5. The molecular formula is C15H17FN2O3. The van der Waals surface area contributed by atoms with Crippen LogP contribution in [-0.4, -0.2) is 36.1 Å². The summed E-state index contributed by atoms with van der Waals surface area (Å²) in [5, 5.41) is 12.2. The molecular weight excluding hydrogens is 275 g/mol. The first kappa shape index (κ1) is 13.9. The summed E-state index contributed by atoms with van der Waals surface area (Å²) in [7, 11) is 0. The van der Waals surface area contributed by atoms with Crippen molar-refractivity contribution in [3.8, 4) is 0 Å². The second kappa shape index (κ2) is 5.35. The molecule has 0 bridgehead atoms. The van der Waals surface area contributed by atoms with Crippen molar-refractivity contribution in [3.63, 3.8) is 0 Å². The number of anilines is 1. The molecule has 5 nitrogen and oxygen atoms in total. The summed E-state index contributed by atoms with van der Waals surface area (Å²) in [4.78, 5) is 24.5. The van der Waals surface area contributed by atoms with Crippen molar-refractivity contribution in [1.82, 2.24) is 5.32 Å². The number of aromatic carboxylic acids is 1. The summed E-state index contributed by atoms with van der Waals surface area (Å²) in [6, 6.07) is 4.25. The quantitative estimate of drug-likeness (QED) is 0.869. The van der Waals surface area contributed by atoms with Gasteiger partial charge < -0.3 is 15.3 Å². The number of para-hydroxylation sites is 1. The van der Waals surface area contributed by atoms with Crippen LogP contribution in [0.25, 0.3) is 0 Å². The Balaban J connectivity index is 1.86. The highest BCUT2D eigenvalue weighted by molar-refractivity contribution is 5.94. The SMILES string of the molecule is O=C1CCC2CN(c3c(F)cccc3C(=O)O)CCC2N1. The lowest BCUT2D eigenvalue weighted by molar-refractivity contribution is -0.124. The van der Waals surface area contributed by atoms with Crippen LogP contribution in [-0.2, 0) is 4.79 Å². The van der Waals surface area contributed by atoms with Gasteiger partial charge in [0, 0.05) is 25.6 Å². The fraction of sp³-hybridized carbons (Fsp3) is 0.467. The number of amides is 1. The Labute approximate surface area is 121 Å². The van der Waals surface area contributed by atoms with Crippen LogP contribution in [0.1, 0.15) is 29.6 Å². The number of hydrogen-bond donors (Lipinski definition) is 2. The smallest absolute Gasteiger partial charge is 0.337 e. The van der Waals surface area contributed by atoms with Crippen molar-refractivity contribution >= 4 is 17.6 Å². The van der Waals surface area contributed by atoms with Gasteiger partial charge in [-0.3, -0.25) is 4.79 Å². The molecule has 1 amide bonds. The van der Waals surface area contributed by atoms with Gasteiger partial charge in [0.1, 0.15) is 5.82 Å². The first-order valence-corrected chi connectivity index (χ1v) is 7.12. The summed E-state index contributed by atoms with van der Waals surface area (Å²) in [6.45, 7) is 1.12. The van der Waals surface area contributed by atoms with Crippen molar-refractivity contribution in [1.29, 1.82) is 0 Å². The number of nitrogens with zero attached hydrogens (tertiary/aromatic N) is 1. The monoisotopic (exact) mass is 292 g/mol. The average Bonchev–Trinajstić information content (AvgIpc) is 2.46. The fourth-order valence-corrected chi connectivity index (χ4v) is 3.32. The summed E-state index contributed by atoms with van der Waals surface area (Å²) in [6.07, 6.45) is 1.96. The van der Waals surface area contributed by atoms with Gasteiger partial charge in [-0.05, 0) is 30.9 Å². The second-order valence-corrected chi connectivity index (χ2v) is 5.65. The molecule has 6 heteroatoms. The predicted molar refractivity (Wildman–Crippen MR) is 74.8 cm³/mol.